The Kier molecular flexibility index (Phi) is 10.3. The fraction of sp³-hybridized carbons (Fsp3) is 0.562. The molecule has 130 valence electrons. The van der Waals surface area contributed by atoms with Crippen LogP contribution in [0.2, 0.25) is 5.02 Å². The predicted octanol–water partition coefficient (Wildman–Crippen LogP) is 3.17. The zero-order chi connectivity index (χ0) is 15.8. The number of hydrogen-bond donors (Lipinski definition) is 2. The van der Waals surface area contributed by atoms with Crippen LogP contribution < -0.4 is 10.6 Å². The van der Waals surface area contributed by atoms with E-state index in [9.17, 15) is 0 Å². The van der Waals surface area contributed by atoms with E-state index in [0.717, 1.165) is 35.7 Å². The van der Waals surface area contributed by atoms with Crippen LogP contribution in [-0.2, 0) is 0 Å². The van der Waals surface area contributed by atoms with Crippen molar-refractivity contribution in [3.63, 3.8) is 0 Å². The summed E-state index contributed by atoms with van der Waals surface area (Å²) in [4.78, 5) is 7.90. The molecule has 1 unspecified atom stereocenters. The Morgan fingerprint density at radius 3 is 2.70 bits per heavy atom. The Balaban J connectivity index is 0.00000264. The van der Waals surface area contributed by atoms with Crippen LogP contribution >= 0.6 is 47.3 Å². The fourth-order valence-corrected chi connectivity index (χ4v) is 3.42. The molecular weight excluding hydrogens is 443 g/mol. The first kappa shape index (κ1) is 20.9. The van der Waals surface area contributed by atoms with Gasteiger partial charge in [0.05, 0.1) is 0 Å². The van der Waals surface area contributed by atoms with Crippen molar-refractivity contribution < 1.29 is 0 Å². The summed E-state index contributed by atoms with van der Waals surface area (Å²) in [5.74, 6) is 2.62. The molecule has 1 saturated heterocycles. The number of aliphatic imine (C=N–C) groups is 1. The second-order valence-corrected chi connectivity index (χ2v) is 7.20. The molecule has 1 aliphatic heterocycles. The van der Waals surface area contributed by atoms with Gasteiger partial charge in [0, 0.05) is 42.4 Å². The van der Waals surface area contributed by atoms with Crippen LogP contribution in [0.5, 0.6) is 0 Å². The fourth-order valence-electron chi connectivity index (χ4n) is 2.52. The SMILES string of the molecule is CN=C(NCCSc1ccc(Cl)cc1)NCC1CCN(C)C1.I. The van der Waals surface area contributed by atoms with Gasteiger partial charge in [-0.25, -0.2) is 0 Å². The molecule has 2 rings (SSSR count). The molecule has 0 amide bonds. The lowest BCUT2D eigenvalue weighted by Crippen LogP contribution is -2.41. The summed E-state index contributed by atoms with van der Waals surface area (Å²) in [5, 5.41) is 7.57. The third kappa shape index (κ3) is 7.96. The van der Waals surface area contributed by atoms with E-state index in [1.54, 1.807) is 0 Å². The molecule has 0 bridgehead atoms. The number of rotatable bonds is 6. The van der Waals surface area contributed by atoms with Crippen molar-refractivity contribution in [3.05, 3.63) is 29.3 Å². The number of thioether (sulfide) groups is 1. The zero-order valence-electron chi connectivity index (χ0n) is 13.7. The standard InChI is InChI=1S/C16H25ClN4S.HI/c1-18-16(20-11-13-7-9-21(2)12-13)19-8-10-22-15-5-3-14(17)4-6-15;/h3-6,13H,7-12H2,1-2H3,(H2,18,19,20);1H. The van der Waals surface area contributed by atoms with Gasteiger partial charge in [-0.3, -0.25) is 4.99 Å². The number of benzene rings is 1. The van der Waals surface area contributed by atoms with Crippen LogP contribution in [0.15, 0.2) is 34.2 Å². The molecule has 4 nitrogen and oxygen atoms in total. The van der Waals surface area contributed by atoms with E-state index in [4.69, 9.17) is 11.6 Å². The van der Waals surface area contributed by atoms with Gasteiger partial charge >= 0.3 is 0 Å². The average molecular weight is 469 g/mol. The molecule has 1 aliphatic rings. The monoisotopic (exact) mass is 468 g/mol. The van der Waals surface area contributed by atoms with Crippen molar-refractivity contribution in [2.24, 2.45) is 10.9 Å². The lowest BCUT2D eigenvalue weighted by Gasteiger charge is -2.15. The Bertz CT molecular complexity index is 483. The van der Waals surface area contributed by atoms with Crippen molar-refractivity contribution in [1.29, 1.82) is 0 Å². The van der Waals surface area contributed by atoms with Gasteiger partial charge in [-0.05, 0) is 50.2 Å². The smallest absolute Gasteiger partial charge is 0.191 e. The molecule has 0 saturated carbocycles. The second-order valence-electron chi connectivity index (χ2n) is 5.60. The third-order valence-corrected chi connectivity index (χ3v) is 5.01. The molecule has 2 N–H and O–H groups in total. The number of likely N-dealkylation sites (tertiary alicyclic amines) is 1. The van der Waals surface area contributed by atoms with Gasteiger partial charge in [0.15, 0.2) is 5.96 Å². The molecule has 0 aliphatic carbocycles. The number of hydrogen-bond acceptors (Lipinski definition) is 3. The number of nitrogens with one attached hydrogen (secondary N) is 2. The van der Waals surface area contributed by atoms with Crippen LogP contribution in [0.3, 0.4) is 0 Å². The van der Waals surface area contributed by atoms with Gasteiger partial charge in [-0.1, -0.05) is 11.6 Å². The third-order valence-electron chi connectivity index (χ3n) is 3.75. The predicted molar refractivity (Wildman–Crippen MR) is 113 cm³/mol. The molecule has 0 spiro atoms. The Morgan fingerprint density at radius 2 is 2.09 bits per heavy atom. The molecule has 0 radical (unpaired) electrons. The molecule has 1 atom stereocenters. The minimum Gasteiger partial charge on any atom is -0.356 e. The van der Waals surface area contributed by atoms with Gasteiger partial charge in [0.25, 0.3) is 0 Å². The highest BCUT2D eigenvalue weighted by Gasteiger charge is 2.19. The van der Waals surface area contributed by atoms with Crippen molar-refractivity contribution in [2.75, 3.05) is 46.0 Å². The molecule has 1 fully saturated rings. The second kappa shape index (κ2) is 11.4. The lowest BCUT2D eigenvalue weighted by molar-refractivity contribution is 0.394. The highest BCUT2D eigenvalue weighted by Crippen LogP contribution is 2.19. The maximum atomic E-state index is 5.88. The van der Waals surface area contributed by atoms with Crippen LogP contribution in [0, 0.1) is 5.92 Å². The first-order chi connectivity index (χ1) is 10.7. The molecule has 1 aromatic carbocycles. The maximum absolute atomic E-state index is 5.88. The van der Waals surface area contributed by atoms with Crippen molar-refractivity contribution in [2.45, 2.75) is 11.3 Å². The first-order valence-corrected chi connectivity index (χ1v) is 9.05. The maximum Gasteiger partial charge on any atom is 0.191 e. The molecule has 7 heteroatoms. The van der Waals surface area contributed by atoms with Gasteiger partial charge in [-0.2, -0.15) is 0 Å². The van der Waals surface area contributed by atoms with E-state index in [0.29, 0.717) is 0 Å². The van der Waals surface area contributed by atoms with Crippen molar-refractivity contribution >= 4 is 53.3 Å². The summed E-state index contributed by atoms with van der Waals surface area (Å²) >= 11 is 7.70. The van der Waals surface area contributed by atoms with Gasteiger partial charge in [0.2, 0.25) is 0 Å². The van der Waals surface area contributed by atoms with Crippen LogP contribution in [-0.4, -0.2) is 56.9 Å². The summed E-state index contributed by atoms with van der Waals surface area (Å²) in [6.45, 7) is 4.26. The van der Waals surface area contributed by atoms with E-state index in [2.05, 4.69) is 39.7 Å². The van der Waals surface area contributed by atoms with Gasteiger partial charge < -0.3 is 15.5 Å². The zero-order valence-corrected chi connectivity index (χ0v) is 17.6. The number of nitrogens with zero attached hydrogens (tertiary/aromatic N) is 2. The quantitative estimate of drug-likeness (QED) is 0.221. The summed E-state index contributed by atoms with van der Waals surface area (Å²) < 4.78 is 0. The molecule has 0 aromatic heterocycles. The van der Waals surface area contributed by atoms with E-state index in [1.165, 1.54) is 24.4 Å². The molecular formula is C16H26ClIN4S. The normalized spacial score (nSPS) is 18.6. The van der Waals surface area contributed by atoms with E-state index in [1.807, 2.05) is 30.9 Å². The van der Waals surface area contributed by atoms with Crippen LogP contribution in [0.4, 0.5) is 0 Å². The van der Waals surface area contributed by atoms with E-state index < -0.39 is 0 Å². The number of guanidine groups is 1. The molecule has 1 aromatic rings. The minimum absolute atomic E-state index is 0. The molecule has 1 heterocycles. The Labute approximate surface area is 165 Å². The van der Waals surface area contributed by atoms with Crippen LogP contribution in [0.1, 0.15) is 6.42 Å². The summed E-state index contributed by atoms with van der Waals surface area (Å²) in [5.41, 5.74) is 0. The summed E-state index contributed by atoms with van der Waals surface area (Å²) in [6, 6.07) is 7.96. The van der Waals surface area contributed by atoms with Crippen LogP contribution in [0.25, 0.3) is 0 Å². The average Bonchev–Trinajstić information content (AvgIpc) is 2.94. The van der Waals surface area contributed by atoms with Gasteiger partial charge in [-0.15, -0.1) is 35.7 Å². The first-order valence-electron chi connectivity index (χ1n) is 7.69. The summed E-state index contributed by atoms with van der Waals surface area (Å²) in [7, 11) is 4.00. The Hall–Kier alpha value is -0.180. The van der Waals surface area contributed by atoms with Gasteiger partial charge in [0.1, 0.15) is 0 Å². The minimum atomic E-state index is 0. The summed E-state index contributed by atoms with van der Waals surface area (Å²) in [6.07, 6.45) is 1.27. The Morgan fingerprint density at radius 1 is 1.35 bits per heavy atom. The van der Waals surface area contributed by atoms with Crippen molar-refractivity contribution in [1.82, 2.24) is 15.5 Å². The topological polar surface area (TPSA) is 39.7 Å². The number of halogens is 2. The highest BCUT2D eigenvalue weighted by atomic mass is 127. The highest BCUT2D eigenvalue weighted by molar-refractivity contribution is 14.0. The lowest BCUT2D eigenvalue weighted by atomic mass is 10.1. The van der Waals surface area contributed by atoms with Crippen molar-refractivity contribution in [3.8, 4) is 0 Å². The van der Waals surface area contributed by atoms with E-state index in [-0.39, 0.29) is 24.0 Å². The van der Waals surface area contributed by atoms with E-state index >= 15 is 0 Å². The largest absolute Gasteiger partial charge is 0.356 e. The molecule has 23 heavy (non-hydrogen) atoms.